The van der Waals surface area contributed by atoms with E-state index >= 15 is 0 Å². The van der Waals surface area contributed by atoms with Gasteiger partial charge in [-0.25, -0.2) is 4.39 Å². The van der Waals surface area contributed by atoms with Gasteiger partial charge in [-0.1, -0.05) is 12.1 Å². The fourth-order valence-electron chi connectivity index (χ4n) is 2.33. The number of hydrogen-bond donors (Lipinski definition) is 1. The van der Waals surface area contributed by atoms with Gasteiger partial charge in [0.05, 0.1) is 5.69 Å². The molecule has 1 aromatic carbocycles. The summed E-state index contributed by atoms with van der Waals surface area (Å²) in [4.78, 5) is 0. The first-order chi connectivity index (χ1) is 7.83. The van der Waals surface area contributed by atoms with Crippen LogP contribution < -0.4 is 0 Å². The van der Waals surface area contributed by atoms with Crippen molar-refractivity contribution in [3.63, 3.8) is 0 Å². The molecule has 3 heteroatoms. The van der Waals surface area contributed by atoms with Gasteiger partial charge in [-0.2, -0.15) is 5.10 Å². The molecule has 16 heavy (non-hydrogen) atoms. The van der Waals surface area contributed by atoms with Crippen molar-refractivity contribution in [2.24, 2.45) is 0 Å². The zero-order valence-electron chi connectivity index (χ0n) is 8.96. The second-order valence-corrected chi connectivity index (χ2v) is 4.28. The van der Waals surface area contributed by atoms with Gasteiger partial charge in [-0.15, -0.1) is 0 Å². The number of aromatic nitrogens is 2. The van der Waals surface area contributed by atoms with Crippen LogP contribution in [0.1, 0.15) is 28.9 Å². The zero-order chi connectivity index (χ0) is 11.0. The van der Waals surface area contributed by atoms with Crippen LogP contribution in [0.15, 0.2) is 24.3 Å². The second-order valence-electron chi connectivity index (χ2n) is 4.28. The lowest BCUT2D eigenvalue weighted by Gasteiger charge is -2.00. The van der Waals surface area contributed by atoms with Crippen molar-refractivity contribution in [2.75, 3.05) is 0 Å². The van der Waals surface area contributed by atoms with E-state index in [9.17, 15) is 4.39 Å². The zero-order valence-corrected chi connectivity index (χ0v) is 8.96. The van der Waals surface area contributed by atoms with E-state index in [1.807, 2.05) is 12.1 Å². The number of aryl methyl sites for hydroxylation is 1. The molecule has 0 radical (unpaired) electrons. The number of nitrogens with one attached hydrogen (secondary N) is 1. The lowest BCUT2D eigenvalue weighted by atomic mass is 10.1. The number of fused-ring (bicyclic) bond motifs is 1. The van der Waals surface area contributed by atoms with E-state index in [1.54, 1.807) is 0 Å². The summed E-state index contributed by atoms with van der Waals surface area (Å²) < 4.78 is 12.8. The molecule has 82 valence electrons. The molecule has 2 nitrogen and oxygen atoms in total. The minimum absolute atomic E-state index is 0.184. The number of halogens is 1. The van der Waals surface area contributed by atoms with Crippen molar-refractivity contribution in [3.8, 4) is 0 Å². The van der Waals surface area contributed by atoms with E-state index in [2.05, 4.69) is 10.2 Å². The van der Waals surface area contributed by atoms with Gasteiger partial charge in [0.1, 0.15) is 5.82 Å². The molecule has 1 aliphatic carbocycles. The van der Waals surface area contributed by atoms with Crippen molar-refractivity contribution in [3.05, 3.63) is 52.6 Å². The number of nitrogens with zero attached hydrogens (tertiary/aromatic N) is 1. The Balaban J connectivity index is 1.86. The van der Waals surface area contributed by atoms with Gasteiger partial charge in [-0.05, 0) is 42.5 Å². The highest BCUT2D eigenvalue weighted by Gasteiger charge is 2.18. The van der Waals surface area contributed by atoms with Crippen LogP contribution in [0.5, 0.6) is 0 Å². The van der Waals surface area contributed by atoms with Gasteiger partial charge in [0, 0.05) is 12.1 Å². The minimum Gasteiger partial charge on any atom is -0.282 e. The number of aromatic amines is 1. The highest BCUT2D eigenvalue weighted by molar-refractivity contribution is 5.33. The van der Waals surface area contributed by atoms with Gasteiger partial charge >= 0.3 is 0 Å². The lowest BCUT2D eigenvalue weighted by Crippen LogP contribution is -1.93. The van der Waals surface area contributed by atoms with Crippen molar-refractivity contribution in [1.82, 2.24) is 10.2 Å². The SMILES string of the molecule is Fc1ccc(Cc2n[nH]c3c2CCC3)cc1. The van der Waals surface area contributed by atoms with Crippen LogP contribution in [0.2, 0.25) is 0 Å². The minimum atomic E-state index is -0.184. The highest BCUT2D eigenvalue weighted by atomic mass is 19.1. The van der Waals surface area contributed by atoms with Crippen LogP contribution >= 0.6 is 0 Å². The van der Waals surface area contributed by atoms with Crippen LogP contribution in [-0.4, -0.2) is 10.2 Å². The first-order valence-electron chi connectivity index (χ1n) is 5.62. The number of rotatable bonds is 2. The predicted molar refractivity (Wildman–Crippen MR) is 59.8 cm³/mol. The third-order valence-electron chi connectivity index (χ3n) is 3.18. The third-order valence-corrected chi connectivity index (χ3v) is 3.18. The molecule has 0 atom stereocenters. The standard InChI is InChI=1S/C13H13FN2/c14-10-6-4-9(5-7-10)8-13-11-2-1-3-12(11)15-16-13/h4-7H,1-3,8H2,(H,15,16). The number of benzene rings is 1. The molecule has 0 bridgehead atoms. The summed E-state index contributed by atoms with van der Waals surface area (Å²) in [6.07, 6.45) is 4.26. The van der Waals surface area contributed by atoms with Crippen LogP contribution in [0, 0.1) is 5.82 Å². The maximum atomic E-state index is 12.8. The second kappa shape index (κ2) is 3.74. The van der Waals surface area contributed by atoms with Crippen molar-refractivity contribution < 1.29 is 4.39 Å². The molecule has 1 N–H and O–H groups in total. The van der Waals surface area contributed by atoms with Gasteiger partial charge in [0.25, 0.3) is 0 Å². The molecule has 0 unspecified atom stereocenters. The van der Waals surface area contributed by atoms with Gasteiger partial charge < -0.3 is 0 Å². The topological polar surface area (TPSA) is 28.7 Å². The first kappa shape index (κ1) is 9.58. The van der Waals surface area contributed by atoms with Crippen molar-refractivity contribution in [2.45, 2.75) is 25.7 Å². The maximum Gasteiger partial charge on any atom is 0.123 e. The number of H-pyrrole nitrogens is 1. The molecule has 0 saturated heterocycles. The average molecular weight is 216 g/mol. The summed E-state index contributed by atoms with van der Waals surface area (Å²) >= 11 is 0. The smallest absolute Gasteiger partial charge is 0.123 e. The van der Waals surface area contributed by atoms with E-state index < -0.39 is 0 Å². The Hall–Kier alpha value is -1.64. The molecular weight excluding hydrogens is 203 g/mol. The monoisotopic (exact) mass is 216 g/mol. The quantitative estimate of drug-likeness (QED) is 0.821. The molecule has 0 fully saturated rings. The van der Waals surface area contributed by atoms with E-state index in [1.165, 1.54) is 29.8 Å². The Morgan fingerprint density at radius 2 is 2.00 bits per heavy atom. The summed E-state index contributed by atoms with van der Waals surface area (Å²) in [6.45, 7) is 0. The number of hydrogen-bond acceptors (Lipinski definition) is 1. The fourth-order valence-corrected chi connectivity index (χ4v) is 2.33. The Morgan fingerprint density at radius 3 is 2.81 bits per heavy atom. The van der Waals surface area contributed by atoms with Crippen LogP contribution in [0.3, 0.4) is 0 Å². The van der Waals surface area contributed by atoms with E-state index in [4.69, 9.17) is 0 Å². The molecule has 2 aromatic rings. The predicted octanol–water partition coefficient (Wildman–Crippen LogP) is 2.63. The summed E-state index contributed by atoms with van der Waals surface area (Å²) in [6, 6.07) is 6.65. The molecule has 3 rings (SSSR count). The summed E-state index contributed by atoms with van der Waals surface area (Å²) in [5, 5.41) is 7.43. The Labute approximate surface area is 93.5 Å². The molecule has 1 heterocycles. The third kappa shape index (κ3) is 1.62. The van der Waals surface area contributed by atoms with E-state index in [0.29, 0.717) is 0 Å². The van der Waals surface area contributed by atoms with Crippen molar-refractivity contribution >= 4 is 0 Å². The molecule has 0 aliphatic heterocycles. The first-order valence-corrected chi connectivity index (χ1v) is 5.62. The fraction of sp³-hybridized carbons (Fsp3) is 0.308. The molecule has 0 spiro atoms. The van der Waals surface area contributed by atoms with E-state index in [0.717, 1.165) is 30.5 Å². The largest absolute Gasteiger partial charge is 0.282 e. The Kier molecular flexibility index (Phi) is 2.24. The van der Waals surface area contributed by atoms with Gasteiger partial charge in [0.2, 0.25) is 0 Å². The molecule has 0 saturated carbocycles. The summed E-state index contributed by atoms with van der Waals surface area (Å²) in [7, 11) is 0. The lowest BCUT2D eigenvalue weighted by molar-refractivity contribution is 0.627. The Morgan fingerprint density at radius 1 is 1.19 bits per heavy atom. The molecular formula is C13H13FN2. The summed E-state index contributed by atoms with van der Waals surface area (Å²) in [5.74, 6) is -0.184. The maximum absolute atomic E-state index is 12.8. The van der Waals surface area contributed by atoms with Crippen molar-refractivity contribution in [1.29, 1.82) is 0 Å². The normalized spacial score (nSPS) is 14.1. The van der Waals surface area contributed by atoms with Crippen LogP contribution in [-0.2, 0) is 19.3 Å². The molecule has 1 aromatic heterocycles. The average Bonchev–Trinajstić information content (AvgIpc) is 2.86. The highest BCUT2D eigenvalue weighted by Crippen LogP contribution is 2.24. The Bertz CT molecular complexity index is 499. The van der Waals surface area contributed by atoms with Gasteiger partial charge in [-0.3, -0.25) is 5.10 Å². The molecule has 1 aliphatic rings. The summed E-state index contributed by atoms with van der Waals surface area (Å²) in [5.41, 5.74) is 4.91. The van der Waals surface area contributed by atoms with Crippen LogP contribution in [0.4, 0.5) is 4.39 Å². The van der Waals surface area contributed by atoms with Crippen LogP contribution in [0.25, 0.3) is 0 Å². The molecule has 0 amide bonds. The van der Waals surface area contributed by atoms with E-state index in [-0.39, 0.29) is 5.82 Å². The van der Waals surface area contributed by atoms with Gasteiger partial charge in [0.15, 0.2) is 0 Å².